The molecule has 3 aromatic rings. The van der Waals surface area contributed by atoms with Crippen molar-refractivity contribution in [1.29, 1.82) is 0 Å². The Morgan fingerprint density at radius 1 is 0.920 bits per heavy atom. The van der Waals surface area contributed by atoms with Gasteiger partial charge < -0.3 is 24.9 Å². The van der Waals surface area contributed by atoms with E-state index in [1.807, 2.05) is 32.1 Å². The van der Waals surface area contributed by atoms with Crippen LogP contribution in [0.4, 0.5) is 0 Å². The molecule has 0 aliphatic carbocycles. The number of allylic oxidation sites excluding steroid dienone is 1. The molecule has 5 rings (SSSR count). The van der Waals surface area contributed by atoms with Gasteiger partial charge in [-0.2, -0.15) is 0 Å². The number of unbranched alkanes of at least 4 members (excludes halogenated alkanes) is 3. The first-order chi connectivity index (χ1) is 23.9. The molecule has 264 valence electrons. The number of carbonyl (C=O) groups is 3. The molecular weight excluding hydrogens is 632 g/mol. The topological polar surface area (TPSA) is 158 Å². The van der Waals surface area contributed by atoms with Crippen LogP contribution in [0.3, 0.4) is 0 Å². The molecule has 10 heteroatoms. The van der Waals surface area contributed by atoms with Gasteiger partial charge in [-0.25, -0.2) is 9.78 Å². The predicted molar refractivity (Wildman–Crippen MR) is 197 cm³/mol. The Bertz CT molecular complexity index is 2050. The van der Waals surface area contributed by atoms with E-state index in [-0.39, 0.29) is 43.1 Å². The highest BCUT2D eigenvalue weighted by atomic mass is 16.5. The highest BCUT2D eigenvalue weighted by Gasteiger charge is 2.35. The lowest BCUT2D eigenvalue weighted by Crippen LogP contribution is -2.15. The molecule has 0 unspecified atom stereocenters. The maximum Gasteiger partial charge on any atom is 0.338 e. The summed E-state index contributed by atoms with van der Waals surface area (Å²) in [6.07, 6.45) is 6.19. The van der Waals surface area contributed by atoms with Crippen LogP contribution in [0.15, 0.2) is 24.8 Å². The number of nitrogens with zero attached hydrogens (tertiary/aromatic N) is 2. The van der Waals surface area contributed by atoms with Crippen molar-refractivity contribution < 1.29 is 29.3 Å². The number of ether oxygens (including phenoxy) is 1. The summed E-state index contributed by atoms with van der Waals surface area (Å²) >= 11 is 0. The average molecular weight is 681 g/mol. The molecule has 8 bridgehead atoms. The number of carboxylic acid groups (broad SMARTS) is 2. The van der Waals surface area contributed by atoms with Gasteiger partial charge in [0.05, 0.1) is 35.7 Å². The van der Waals surface area contributed by atoms with Crippen molar-refractivity contribution in [3.63, 3.8) is 0 Å². The first kappa shape index (κ1) is 36.3. The molecule has 2 aliphatic rings. The zero-order valence-electron chi connectivity index (χ0n) is 30.0. The summed E-state index contributed by atoms with van der Waals surface area (Å²) in [6.45, 7) is 16.3. The van der Waals surface area contributed by atoms with Crippen LogP contribution < -0.4 is 0 Å². The van der Waals surface area contributed by atoms with Crippen LogP contribution in [0.5, 0.6) is 0 Å². The van der Waals surface area contributed by atoms with Crippen LogP contribution in [0, 0.1) is 13.8 Å². The van der Waals surface area contributed by atoms with Gasteiger partial charge in [-0.1, -0.05) is 52.7 Å². The molecule has 10 nitrogen and oxygen atoms in total. The Hall–Kier alpha value is -4.99. The Morgan fingerprint density at radius 2 is 1.64 bits per heavy atom. The monoisotopic (exact) mass is 680 g/mol. The molecule has 0 saturated carbocycles. The van der Waals surface area contributed by atoms with Gasteiger partial charge in [-0.3, -0.25) is 14.6 Å². The second-order valence-electron chi connectivity index (χ2n) is 13.4. The molecule has 0 aromatic carbocycles. The zero-order chi connectivity index (χ0) is 36.3. The third kappa shape index (κ3) is 7.15. The van der Waals surface area contributed by atoms with Gasteiger partial charge in [-0.05, 0) is 80.5 Å². The number of carboxylic acids is 2. The minimum absolute atomic E-state index is 0.00995. The average Bonchev–Trinajstić information content (AvgIpc) is 3.75. The smallest absolute Gasteiger partial charge is 0.338 e. The first-order valence-corrected chi connectivity index (χ1v) is 17.6. The fourth-order valence-electron chi connectivity index (χ4n) is 7.29. The minimum atomic E-state index is -1.17. The van der Waals surface area contributed by atoms with Gasteiger partial charge in [0.2, 0.25) is 0 Å². The number of aryl methyl sites for hydroxylation is 3. The van der Waals surface area contributed by atoms with E-state index in [9.17, 15) is 24.6 Å². The van der Waals surface area contributed by atoms with Crippen molar-refractivity contribution in [3.05, 3.63) is 75.4 Å². The molecule has 50 heavy (non-hydrogen) atoms. The quantitative estimate of drug-likeness (QED) is 0.103. The summed E-state index contributed by atoms with van der Waals surface area (Å²) < 4.78 is 5.67. The second kappa shape index (κ2) is 15.3. The SMILES string of the molecule is C=Cc1c(C)c2cc3nc(c(CC(=O)OCCCCCC)c4nc(cc5[nH]c(cc1[nH]2)c(C)c5CC)C(C)=C4C(=O)O)[C@@H](CCC(=O)O)[C@@H]3C. The Kier molecular flexibility index (Phi) is 11.1. The predicted octanol–water partition coefficient (Wildman–Crippen LogP) is 8.57. The summed E-state index contributed by atoms with van der Waals surface area (Å²) in [4.78, 5) is 55.5. The van der Waals surface area contributed by atoms with E-state index in [1.165, 1.54) is 0 Å². The van der Waals surface area contributed by atoms with E-state index < -0.39 is 23.8 Å². The van der Waals surface area contributed by atoms with E-state index in [0.29, 0.717) is 28.2 Å². The van der Waals surface area contributed by atoms with Crippen molar-refractivity contribution in [2.24, 2.45) is 0 Å². The molecule has 4 N–H and O–H groups in total. The van der Waals surface area contributed by atoms with Gasteiger partial charge in [0.15, 0.2) is 0 Å². The van der Waals surface area contributed by atoms with Crippen molar-refractivity contribution in [1.82, 2.24) is 19.9 Å². The maximum absolute atomic E-state index is 13.5. The normalized spacial score (nSPS) is 15.7. The Labute approximate surface area is 292 Å². The summed E-state index contributed by atoms with van der Waals surface area (Å²) in [5.41, 5.74) is 10.1. The van der Waals surface area contributed by atoms with Crippen LogP contribution in [0.25, 0.3) is 39.3 Å². The van der Waals surface area contributed by atoms with Crippen LogP contribution >= 0.6 is 0 Å². The molecule has 0 fully saturated rings. The third-order valence-electron chi connectivity index (χ3n) is 10.2. The highest BCUT2D eigenvalue weighted by molar-refractivity contribution is 6.24. The zero-order valence-corrected chi connectivity index (χ0v) is 30.0. The number of hydrogen-bond acceptors (Lipinski definition) is 6. The summed E-state index contributed by atoms with van der Waals surface area (Å²) in [7, 11) is 0. The number of rotatable bonds is 13. The maximum atomic E-state index is 13.5. The first-order valence-electron chi connectivity index (χ1n) is 17.6. The lowest BCUT2D eigenvalue weighted by Gasteiger charge is -2.18. The summed E-state index contributed by atoms with van der Waals surface area (Å²) in [6, 6.07) is 5.90. The van der Waals surface area contributed by atoms with E-state index in [0.717, 1.165) is 76.4 Å². The molecule has 0 spiro atoms. The minimum Gasteiger partial charge on any atom is -0.481 e. The van der Waals surface area contributed by atoms with Crippen molar-refractivity contribution in [2.45, 2.75) is 105 Å². The number of nitrogens with one attached hydrogen (secondary N) is 2. The number of carbonyl (C=O) groups excluding carboxylic acids is 1. The molecule has 5 heterocycles. The summed E-state index contributed by atoms with van der Waals surface area (Å²) in [5.74, 6) is -3.28. The van der Waals surface area contributed by atoms with Gasteiger partial charge in [0, 0.05) is 57.1 Å². The third-order valence-corrected chi connectivity index (χ3v) is 10.2. The largest absolute Gasteiger partial charge is 0.481 e. The van der Waals surface area contributed by atoms with Gasteiger partial charge in [-0.15, -0.1) is 0 Å². The van der Waals surface area contributed by atoms with Crippen LogP contribution in [0.2, 0.25) is 0 Å². The molecular formula is C40H48N4O6. The Morgan fingerprint density at radius 3 is 2.30 bits per heavy atom. The number of aromatic nitrogens is 4. The summed E-state index contributed by atoms with van der Waals surface area (Å²) in [5, 5.41) is 20.3. The number of esters is 1. The van der Waals surface area contributed by atoms with Gasteiger partial charge in [0.1, 0.15) is 0 Å². The standard InChI is InChI=1S/C40H48N4O6/c1-8-11-12-13-16-50-36(47)17-28-38-27(14-15-35(45)46)23(6)31(43-38)18-29-21(4)25(9-2)33(41-29)19-30-22(5)26(10-3)34(42-30)20-32-24(7)37(40(48)49)39(28)44-32/h9,18-20,23,27,41-42H,2,8,10-17H2,1,3-7H3,(H,45,46)(H,48,49)/t23-,27-/m0/s1. The number of fused-ring (bicyclic) bond motifs is 8. The molecule has 3 aromatic heterocycles. The lowest BCUT2D eigenvalue weighted by molar-refractivity contribution is -0.143. The lowest BCUT2D eigenvalue weighted by atomic mass is 9.84. The van der Waals surface area contributed by atoms with Crippen LogP contribution in [0.1, 0.15) is 129 Å². The fourth-order valence-corrected chi connectivity index (χ4v) is 7.29. The van der Waals surface area contributed by atoms with Gasteiger partial charge >= 0.3 is 17.9 Å². The van der Waals surface area contributed by atoms with E-state index in [4.69, 9.17) is 14.7 Å². The van der Waals surface area contributed by atoms with Crippen molar-refractivity contribution in [2.75, 3.05) is 6.61 Å². The van der Waals surface area contributed by atoms with Crippen molar-refractivity contribution >= 4 is 57.2 Å². The van der Waals surface area contributed by atoms with Crippen molar-refractivity contribution in [3.8, 4) is 0 Å². The number of hydrogen-bond donors (Lipinski definition) is 4. The van der Waals surface area contributed by atoms with Gasteiger partial charge in [0.25, 0.3) is 0 Å². The number of H-pyrrole nitrogens is 2. The number of aromatic amines is 2. The second-order valence-corrected chi connectivity index (χ2v) is 13.4. The molecule has 0 saturated heterocycles. The molecule has 0 radical (unpaired) electrons. The number of aliphatic carboxylic acids is 2. The highest BCUT2D eigenvalue weighted by Crippen LogP contribution is 2.44. The van der Waals surface area contributed by atoms with Crippen LogP contribution in [-0.2, 0) is 32.0 Å². The fraction of sp³-hybridized carbons (Fsp3) is 0.425. The molecule has 2 aliphatic heterocycles. The Balaban J connectivity index is 1.91. The van der Waals surface area contributed by atoms with E-state index in [2.05, 4.69) is 43.4 Å². The van der Waals surface area contributed by atoms with E-state index >= 15 is 0 Å². The molecule has 0 amide bonds. The van der Waals surface area contributed by atoms with Crippen LogP contribution in [-0.4, -0.2) is 54.7 Å². The van der Waals surface area contributed by atoms with E-state index in [1.54, 1.807) is 6.92 Å². The molecule has 2 atom stereocenters.